The quantitative estimate of drug-likeness (QED) is 0.880. The maximum Gasteiger partial charge on any atom is 0.307 e. The van der Waals surface area contributed by atoms with E-state index < -0.39 is 5.97 Å². The summed E-state index contributed by atoms with van der Waals surface area (Å²) < 4.78 is 0.966. The molecule has 0 amide bonds. The summed E-state index contributed by atoms with van der Waals surface area (Å²) >= 11 is 1.40. The molecule has 3 N–H and O–H groups in total. The van der Waals surface area contributed by atoms with Gasteiger partial charge >= 0.3 is 5.97 Å². The highest BCUT2D eigenvalue weighted by Gasteiger charge is 2.09. The summed E-state index contributed by atoms with van der Waals surface area (Å²) in [5.74, 6) is -0.820. The van der Waals surface area contributed by atoms with Crippen LogP contribution in [0.25, 0.3) is 10.2 Å². The highest BCUT2D eigenvalue weighted by Crippen LogP contribution is 2.28. The Balaban J connectivity index is 0.00000144. The van der Waals surface area contributed by atoms with Crippen LogP contribution in [-0.2, 0) is 17.6 Å². The molecule has 0 bridgehead atoms. The first-order valence-electron chi connectivity index (χ1n) is 4.99. The third-order valence-electron chi connectivity index (χ3n) is 2.39. The van der Waals surface area contributed by atoms with E-state index in [0.29, 0.717) is 5.13 Å². The Hall–Kier alpha value is -1.62. The van der Waals surface area contributed by atoms with Crippen molar-refractivity contribution in [1.82, 2.24) is 4.98 Å². The van der Waals surface area contributed by atoms with Crippen LogP contribution < -0.4 is 5.73 Å². The van der Waals surface area contributed by atoms with Crippen molar-refractivity contribution < 1.29 is 9.90 Å². The molecule has 0 radical (unpaired) electrons. The van der Waals surface area contributed by atoms with Gasteiger partial charge in [-0.1, -0.05) is 31.8 Å². The summed E-state index contributed by atoms with van der Waals surface area (Å²) in [6.45, 7) is 2.02. The van der Waals surface area contributed by atoms with Crippen LogP contribution in [0.3, 0.4) is 0 Å². The molecule has 0 aliphatic heterocycles. The Morgan fingerprint density at radius 1 is 1.53 bits per heavy atom. The zero-order valence-electron chi connectivity index (χ0n) is 8.86. The Bertz CT molecular complexity index is 549. The number of hydrogen-bond donors (Lipinski definition) is 2. The second kappa shape index (κ2) is 5.14. The van der Waals surface area contributed by atoms with E-state index in [4.69, 9.17) is 10.8 Å². The van der Waals surface area contributed by atoms with Gasteiger partial charge in [0.05, 0.1) is 16.6 Å². The molecule has 5 heteroatoms. The minimum atomic E-state index is -0.820. The van der Waals surface area contributed by atoms with Gasteiger partial charge in [-0.2, -0.15) is 0 Å². The van der Waals surface area contributed by atoms with Gasteiger partial charge in [0.25, 0.3) is 0 Å². The summed E-state index contributed by atoms with van der Waals surface area (Å²) in [6, 6.07) is 3.76. The number of nitrogens with zero attached hydrogens (tertiary/aromatic N) is 1. The maximum atomic E-state index is 10.7. The van der Waals surface area contributed by atoms with Gasteiger partial charge in [0, 0.05) is 0 Å². The SMILES string of the molecule is C.CCc1cc(CC(=O)O)cc2sc(N)nc12. The van der Waals surface area contributed by atoms with Crippen molar-refractivity contribution in [1.29, 1.82) is 0 Å². The number of thiazole rings is 1. The average molecular weight is 252 g/mol. The molecule has 1 aromatic carbocycles. The van der Waals surface area contributed by atoms with Crippen molar-refractivity contribution in [3.8, 4) is 0 Å². The highest BCUT2D eigenvalue weighted by molar-refractivity contribution is 7.22. The van der Waals surface area contributed by atoms with Crippen molar-refractivity contribution in [2.24, 2.45) is 0 Å². The summed E-state index contributed by atoms with van der Waals surface area (Å²) in [7, 11) is 0. The first-order chi connectivity index (χ1) is 7.60. The van der Waals surface area contributed by atoms with Crippen LogP contribution in [0.1, 0.15) is 25.5 Å². The number of carboxylic acid groups (broad SMARTS) is 1. The number of aliphatic carboxylic acids is 1. The van der Waals surface area contributed by atoms with Crippen LogP contribution in [0.4, 0.5) is 5.13 Å². The lowest BCUT2D eigenvalue weighted by molar-refractivity contribution is -0.136. The number of rotatable bonds is 3. The molecule has 17 heavy (non-hydrogen) atoms. The van der Waals surface area contributed by atoms with E-state index in [1.807, 2.05) is 19.1 Å². The van der Waals surface area contributed by atoms with Gasteiger partial charge in [-0.3, -0.25) is 4.79 Å². The number of aryl methyl sites for hydroxylation is 1. The van der Waals surface area contributed by atoms with E-state index in [1.54, 1.807) is 0 Å². The molecule has 2 aromatic rings. The highest BCUT2D eigenvalue weighted by atomic mass is 32.1. The minimum Gasteiger partial charge on any atom is -0.481 e. The third-order valence-corrected chi connectivity index (χ3v) is 3.22. The van der Waals surface area contributed by atoms with Crippen molar-refractivity contribution in [3.05, 3.63) is 23.3 Å². The van der Waals surface area contributed by atoms with Gasteiger partial charge in [-0.05, 0) is 23.6 Å². The second-order valence-corrected chi connectivity index (χ2v) is 4.64. The smallest absolute Gasteiger partial charge is 0.307 e. The van der Waals surface area contributed by atoms with E-state index in [2.05, 4.69) is 4.98 Å². The summed E-state index contributed by atoms with van der Waals surface area (Å²) in [5.41, 5.74) is 8.42. The molecule has 1 aromatic heterocycles. The number of aromatic nitrogens is 1. The van der Waals surface area contributed by atoms with Crippen molar-refractivity contribution >= 4 is 32.7 Å². The van der Waals surface area contributed by atoms with Crippen LogP contribution in [-0.4, -0.2) is 16.1 Å². The molecule has 1 heterocycles. The topological polar surface area (TPSA) is 76.2 Å². The number of hydrogen-bond acceptors (Lipinski definition) is 4. The molecule has 0 aliphatic carbocycles. The van der Waals surface area contributed by atoms with Gasteiger partial charge in [0.1, 0.15) is 0 Å². The van der Waals surface area contributed by atoms with E-state index in [0.717, 1.165) is 27.8 Å². The number of benzene rings is 1. The lowest BCUT2D eigenvalue weighted by Crippen LogP contribution is -2.00. The standard InChI is InChI=1S/C11H12N2O2S.CH4/c1-2-7-3-6(5-9(14)15)4-8-10(7)13-11(12)16-8;/h3-4H,2,5H2,1H3,(H2,12,13)(H,14,15);1H4. The summed E-state index contributed by atoms with van der Waals surface area (Å²) in [4.78, 5) is 14.9. The number of carbonyl (C=O) groups is 1. The van der Waals surface area contributed by atoms with Crippen LogP contribution in [0.15, 0.2) is 12.1 Å². The van der Waals surface area contributed by atoms with Crippen LogP contribution in [0.5, 0.6) is 0 Å². The molecule has 0 unspecified atom stereocenters. The normalized spacial score (nSPS) is 10.2. The summed E-state index contributed by atoms with van der Waals surface area (Å²) in [6.07, 6.45) is 0.869. The number of fused-ring (bicyclic) bond motifs is 1. The fourth-order valence-electron chi connectivity index (χ4n) is 1.73. The lowest BCUT2D eigenvalue weighted by Gasteiger charge is -2.02. The number of nitrogens with two attached hydrogens (primary N) is 1. The second-order valence-electron chi connectivity index (χ2n) is 3.58. The molecule has 0 saturated carbocycles. The first kappa shape index (κ1) is 13.4. The lowest BCUT2D eigenvalue weighted by atomic mass is 10.1. The molecule has 2 rings (SSSR count). The van der Waals surface area contributed by atoms with Crippen LogP contribution in [0, 0.1) is 0 Å². The van der Waals surface area contributed by atoms with Gasteiger partial charge in [-0.15, -0.1) is 0 Å². The van der Waals surface area contributed by atoms with E-state index in [-0.39, 0.29) is 13.8 Å². The monoisotopic (exact) mass is 252 g/mol. The van der Waals surface area contributed by atoms with Gasteiger partial charge in [0.2, 0.25) is 0 Å². The number of anilines is 1. The Kier molecular flexibility index (Phi) is 4.07. The Morgan fingerprint density at radius 3 is 2.82 bits per heavy atom. The zero-order chi connectivity index (χ0) is 11.7. The zero-order valence-corrected chi connectivity index (χ0v) is 9.67. The van der Waals surface area contributed by atoms with Gasteiger partial charge in [0.15, 0.2) is 5.13 Å². The number of nitrogen functional groups attached to an aromatic ring is 1. The van der Waals surface area contributed by atoms with Gasteiger partial charge in [-0.25, -0.2) is 4.98 Å². The minimum absolute atomic E-state index is 0. The Morgan fingerprint density at radius 2 is 2.24 bits per heavy atom. The molecule has 4 nitrogen and oxygen atoms in total. The molecule has 92 valence electrons. The van der Waals surface area contributed by atoms with E-state index in [9.17, 15) is 4.79 Å². The predicted octanol–water partition coefficient (Wildman–Crippen LogP) is 2.70. The maximum absolute atomic E-state index is 10.7. The molecule has 0 atom stereocenters. The molecule has 0 saturated heterocycles. The Labute approximate surface area is 104 Å². The number of carboxylic acids is 1. The first-order valence-corrected chi connectivity index (χ1v) is 5.81. The van der Waals surface area contributed by atoms with Crippen molar-refractivity contribution in [3.63, 3.8) is 0 Å². The molecule has 0 aliphatic rings. The molecular formula is C12H16N2O2S. The predicted molar refractivity (Wildman–Crippen MR) is 71.5 cm³/mol. The third kappa shape index (κ3) is 2.74. The van der Waals surface area contributed by atoms with Crippen LogP contribution in [0.2, 0.25) is 0 Å². The molecule has 0 fully saturated rings. The molecular weight excluding hydrogens is 236 g/mol. The van der Waals surface area contributed by atoms with Crippen LogP contribution >= 0.6 is 11.3 Å². The largest absolute Gasteiger partial charge is 0.481 e. The fraction of sp³-hybridized carbons (Fsp3) is 0.333. The van der Waals surface area contributed by atoms with Crippen molar-refractivity contribution in [2.45, 2.75) is 27.2 Å². The van der Waals surface area contributed by atoms with E-state index >= 15 is 0 Å². The van der Waals surface area contributed by atoms with Crippen molar-refractivity contribution in [2.75, 3.05) is 5.73 Å². The molecule has 0 spiro atoms. The van der Waals surface area contributed by atoms with E-state index in [1.165, 1.54) is 11.3 Å². The van der Waals surface area contributed by atoms with Gasteiger partial charge < -0.3 is 10.8 Å². The fourth-order valence-corrected chi connectivity index (χ4v) is 2.57. The summed E-state index contributed by atoms with van der Waals surface area (Å²) in [5, 5.41) is 9.30. The average Bonchev–Trinajstić information content (AvgIpc) is 2.56.